The second-order valence-electron chi connectivity index (χ2n) is 4.44. The summed E-state index contributed by atoms with van der Waals surface area (Å²) in [6.45, 7) is 4.99. The van der Waals surface area contributed by atoms with E-state index in [1.165, 1.54) is 0 Å². The van der Waals surface area contributed by atoms with Gasteiger partial charge >= 0.3 is 18.0 Å². The molecule has 0 saturated carbocycles. The van der Waals surface area contributed by atoms with Crippen molar-refractivity contribution in [2.45, 2.75) is 32.8 Å². The van der Waals surface area contributed by atoms with Gasteiger partial charge in [-0.1, -0.05) is 20.8 Å². The maximum Gasteiger partial charge on any atom is 0.405 e. The molecule has 1 amide bonds. The summed E-state index contributed by atoms with van der Waals surface area (Å²) in [4.78, 5) is 33.3. The third-order valence-corrected chi connectivity index (χ3v) is 2.42. The molecule has 0 aliphatic carbocycles. The lowest BCUT2D eigenvalue weighted by Crippen LogP contribution is -2.51. The van der Waals surface area contributed by atoms with E-state index in [1.54, 1.807) is 20.8 Å². The van der Waals surface area contributed by atoms with Crippen molar-refractivity contribution in [2.24, 2.45) is 11.1 Å². The smallest absolute Gasteiger partial charge is 0.405 e. The van der Waals surface area contributed by atoms with Gasteiger partial charge in [0, 0.05) is 5.41 Å². The maximum absolute atomic E-state index is 11.5. The molecule has 1 rings (SSSR count). The van der Waals surface area contributed by atoms with Gasteiger partial charge in [-0.25, -0.2) is 9.59 Å². The fraction of sp³-hybridized carbons (Fsp3) is 0.667. The average Bonchev–Trinajstić information content (AvgIpc) is 2.24. The summed E-state index contributed by atoms with van der Waals surface area (Å²) in [5, 5.41) is 0. The van der Waals surface area contributed by atoms with Crippen molar-refractivity contribution in [3.63, 3.8) is 0 Å². The van der Waals surface area contributed by atoms with E-state index in [4.69, 9.17) is 10.5 Å². The summed E-state index contributed by atoms with van der Waals surface area (Å²) >= 11 is 0. The van der Waals surface area contributed by atoms with Gasteiger partial charge in [-0.05, 0) is 0 Å². The standard InChI is InChI=1S/C9H13NO5/c1-8(2,3)9(15-7(10)13)4-5(11)14-6(9)12/h4H2,1-3H3,(H2,10,13). The average molecular weight is 215 g/mol. The van der Waals surface area contributed by atoms with E-state index in [0.29, 0.717) is 0 Å². The van der Waals surface area contributed by atoms with Crippen LogP contribution in [0.1, 0.15) is 27.2 Å². The van der Waals surface area contributed by atoms with Crippen LogP contribution in [0.3, 0.4) is 0 Å². The number of rotatable bonds is 1. The van der Waals surface area contributed by atoms with Crippen LogP contribution in [0.4, 0.5) is 4.79 Å². The molecule has 0 radical (unpaired) electrons. The predicted molar refractivity (Wildman–Crippen MR) is 48.6 cm³/mol. The molecule has 1 atom stereocenters. The molecule has 1 saturated heterocycles. The minimum Gasteiger partial charge on any atom is -0.430 e. The molecule has 1 aliphatic rings. The molecular weight excluding hydrogens is 202 g/mol. The van der Waals surface area contributed by atoms with E-state index >= 15 is 0 Å². The van der Waals surface area contributed by atoms with Crippen molar-refractivity contribution in [1.29, 1.82) is 0 Å². The molecule has 1 heterocycles. The molecule has 0 aromatic heterocycles. The van der Waals surface area contributed by atoms with Crippen LogP contribution in [-0.2, 0) is 19.1 Å². The Hall–Kier alpha value is -1.59. The lowest BCUT2D eigenvalue weighted by atomic mass is 9.75. The summed E-state index contributed by atoms with van der Waals surface area (Å²) in [6, 6.07) is 0. The Balaban J connectivity index is 3.13. The van der Waals surface area contributed by atoms with E-state index in [-0.39, 0.29) is 6.42 Å². The van der Waals surface area contributed by atoms with Crippen molar-refractivity contribution in [2.75, 3.05) is 0 Å². The number of carbonyl (C=O) groups excluding carboxylic acids is 3. The summed E-state index contributed by atoms with van der Waals surface area (Å²) in [5.41, 5.74) is 2.52. The van der Waals surface area contributed by atoms with Gasteiger partial charge in [-0.15, -0.1) is 0 Å². The van der Waals surface area contributed by atoms with Crippen molar-refractivity contribution in [1.82, 2.24) is 0 Å². The molecule has 0 spiro atoms. The van der Waals surface area contributed by atoms with E-state index in [0.717, 1.165) is 0 Å². The molecule has 0 aromatic rings. The first-order valence-corrected chi connectivity index (χ1v) is 4.42. The zero-order valence-corrected chi connectivity index (χ0v) is 8.83. The Bertz CT molecular complexity index is 330. The first-order valence-electron chi connectivity index (χ1n) is 4.42. The van der Waals surface area contributed by atoms with Gasteiger partial charge in [0.05, 0.1) is 6.42 Å². The van der Waals surface area contributed by atoms with E-state index in [1.807, 2.05) is 0 Å². The number of cyclic esters (lactones) is 2. The van der Waals surface area contributed by atoms with Crippen LogP contribution in [0.15, 0.2) is 0 Å². The van der Waals surface area contributed by atoms with Crippen LogP contribution in [0, 0.1) is 5.41 Å². The quantitative estimate of drug-likeness (QED) is 0.502. The number of esters is 2. The van der Waals surface area contributed by atoms with Gasteiger partial charge in [0.2, 0.25) is 5.60 Å². The third kappa shape index (κ3) is 1.79. The molecule has 2 N–H and O–H groups in total. The number of nitrogens with two attached hydrogens (primary N) is 1. The number of hydrogen-bond donors (Lipinski definition) is 1. The van der Waals surface area contributed by atoms with Crippen LogP contribution in [0.25, 0.3) is 0 Å². The molecule has 6 nitrogen and oxygen atoms in total. The van der Waals surface area contributed by atoms with Gasteiger partial charge in [0.25, 0.3) is 0 Å². The Morgan fingerprint density at radius 1 is 1.47 bits per heavy atom. The lowest BCUT2D eigenvalue weighted by Gasteiger charge is -2.35. The number of amides is 1. The van der Waals surface area contributed by atoms with E-state index < -0.39 is 29.0 Å². The van der Waals surface area contributed by atoms with Crippen molar-refractivity contribution in [3.8, 4) is 0 Å². The summed E-state index contributed by atoms with van der Waals surface area (Å²) in [7, 11) is 0. The number of hydrogen-bond acceptors (Lipinski definition) is 5. The van der Waals surface area contributed by atoms with Crippen LogP contribution in [-0.4, -0.2) is 23.6 Å². The van der Waals surface area contributed by atoms with Crippen molar-refractivity contribution < 1.29 is 23.9 Å². The van der Waals surface area contributed by atoms with Gasteiger partial charge in [-0.2, -0.15) is 0 Å². The highest BCUT2D eigenvalue weighted by Crippen LogP contribution is 2.41. The summed E-state index contributed by atoms with van der Waals surface area (Å²) in [6.07, 6.45) is -1.39. The maximum atomic E-state index is 11.5. The summed E-state index contributed by atoms with van der Waals surface area (Å²) < 4.78 is 9.18. The first kappa shape index (κ1) is 11.5. The Labute approximate surface area is 86.7 Å². The Morgan fingerprint density at radius 3 is 2.27 bits per heavy atom. The van der Waals surface area contributed by atoms with Crippen LogP contribution in [0.2, 0.25) is 0 Å². The van der Waals surface area contributed by atoms with Gasteiger partial charge in [0.1, 0.15) is 0 Å². The first-order chi connectivity index (χ1) is 6.69. The third-order valence-electron chi connectivity index (χ3n) is 2.42. The Kier molecular flexibility index (Phi) is 2.46. The molecule has 1 unspecified atom stereocenters. The second kappa shape index (κ2) is 3.22. The SMILES string of the molecule is CC(C)(C)C1(OC(N)=O)CC(=O)OC1=O. The van der Waals surface area contributed by atoms with E-state index in [2.05, 4.69) is 4.74 Å². The highest BCUT2D eigenvalue weighted by Gasteiger charge is 2.60. The molecule has 15 heavy (non-hydrogen) atoms. The van der Waals surface area contributed by atoms with Gasteiger partial charge in [0.15, 0.2) is 0 Å². The van der Waals surface area contributed by atoms with Crippen LogP contribution >= 0.6 is 0 Å². The van der Waals surface area contributed by atoms with Crippen molar-refractivity contribution in [3.05, 3.63) is 0 Å². The molecule has 1 fully saturated rings. The largest absolute Gasteiger partial charge is 0.430 e. The van der Waals surface area contributed by atoms with Crippen LogP contribution < -0.4 is 5.73 Å². The molecule has 0 aromatic carbocycles. The zero-order valence-electron chi connectivity index (χ0n) is 8.83. The van der Waals surface area contributed by atoms with Crippen molar-refractivity contribution >= 4 is 18.0 Å². The Morgan fingerprint density at radius 2 is 2.00 bits per heavy atom. The zero-order chi connectivity index (χ0) is 11.9. The highest BCUT2D eigenvalue weighted by molar-refractivity contribution is 6.01. The van der Waals surface area contributed by atoms with Crippen LogP contribution in [0.5, 0.6) is 0 Å². The molecular formula is C9H13NO5. The number of carbonyl (C=O) groups is 3. The van der Waals surface area contributed by atoms with Gasteiger partial charge < -0.3 is 15.2 Å². The monoisotopic (exact) mass is 215 g/mol. The molecule has 1 aliphatic heterocycles. The molecule has 0 bridgehead atoms. The number of ether oxygens (including phenoxy) is 2. The normalized spacial score (nSPS) is 26.3. The van der Waals surface area contributed by atoms with Gasteiger partial charge in [-0.3, -0.25) is 4.79 Å². The topological polar surface area (TPSA) is 95.7 Å². The van der Waals surface area contributed by atoms with E-state index in [9.17, 15) is 14.4 Å². The predicted octanol–water partition coefficient (Wildman–Crippen LogP) is 0.340. The highest BCUT2D eigenvalue weighted by atomic mass is 16.6. The minimum absolute atomic E-state index is 0.293. The number of primary amides is 1. The minimum atomic E-state index is -1.60. The fourth-order valence-corrected chi connectivity index (χ4v) is 1.47. The molecule has 84 valence electrons. The fourth-order valence-electron chi connectivity index (χ4n) is 1.47. The molecule has 6 heteroatoms. The summed E-state index contributed by atoms with van der Waals surface area (Å²) in [5.74, 6) is -1.57. The lowest BCUT2D eigenvalue weighted by molar-refractivity contribution is -0.165. The second-order valence-corrected chi connectivity index (χ2v) is 4.44.